The summed E-state index contributed by atoms with van der Waals surface area (Å²) in [7, 11) is 0. The van der Waals surface area contributed by atoms with Crippen molar-refractivity contribution >= 4 is 40.1 Å². The molecule has 10 heteroatoms. The minimum absolute atomic E-state index is 0.0677. The lowest BCUT2D eigenvalue weighted by molar-refractivity contribution is -0.139. The molecule has 3 aromatic rings. The van der Waals surface area contributed by atoms with Crippen LogP contribution in [-0.2, 0) is 22.7 Å². The average Bonchev–Trinajstić information content (AvgIpc) is 3.87. The quantitative estimate of drug-likeness (QED) is 0.242. The maximum atomic E-state index is 14.7. The molecule has 1 saturated heterocycles. The number of nitrogens with zero attached hydrogens (tertiary/aromatic N) is 2. The van der Waals surface area contributed by atoms with Crippen LogP contribution >= 0.6 is 11.6 Å². The molecule has 2 unspecified atom stereocenters. The highest BCUT2D eigenvalue weighted by Crippen LogP contribution is 2.56. The Kier molecular flexibility index (Phi) is 8.05. The number of carbonyl (C=O) groups excluding carboxylic acids is 3. The van der Waals surface area contributed by atoms with Gasteiger partial charge in [0.2, 0.25) is 11.8 Å². The van der Waals surface area contributed by atoms with Crippen LogP contribution in [0.1, 0.15) is 54.9 Å². The van der Waals surface area contributed by atoms with Crippen LogP contribution in [0, 0.1) is 17.7 Å². The van der Waals surface area contributed by atoms with Gasteiger partial charge in [0.25, 0.3) is 0 Å². The molecule has 2 amide bonds. The van der Waals surface area contributed by atoms with Crippen molar-refractivity contribution in [1.29, 1.82) is 0 Å². The Morgan fingerprint density at radius 1 is 1.02 bits per heavy atom. The molecule has 4 aliphatic carbocycles. The summed E-state index contributed by atoms with van der Waals surface area (Å²) in [5.74, 6) is -0.219. The number of hydrogen-bond donors (Lipinski definition) is 1. The second-order valence-corrected chi connectivity index (χ2v) is 14.1. The highest BCUT2D eigenvalue weighted by atomic mass is 35.5. The summed E-state index contributed by atoms with van der Waals surface area (Å²) >= 11 is 5.86. The lowest BCUT2D eigenvalue weighted by Gasteiger charge is -2.32. The van der Waals surface area contributed by atoms with Gasteiger partial charge < -0.3 is 19.5 Å². The molecule has 3 fully saturated rings. The normalized spacial score (nSPS) is 23.8. The Hall–Kier alpha value is -4.50. The smallest absolute Gasteiger partial charge is 0.243 e. The molecular weight excluding hydrogens is 648 g/mol. The first kappa shape index (κ1) is 31.7. The molecule has 0 radical (unpaired) electrons. The molecule has 1 aliphatic heterocycles. The molecule has 2 saturated carbocycles. The minimum Gasteiger partial charge on any atom is -0.489 e. The van der Waals surface area contributed by atoms with E-state index < -0.39 is 29.8 Å². The molecule has 49 heavy (non-hydrogen) atoms. The average molecular weight is 684 g/mol. The number of halogens is 3. The third-order valence-electron chi connectivity index (χ3n) is 10.9. The summed E-state index contributed by atoms with van der Waals surface area (Å²) in [6, 6.07) is 8.94. The predicted molar refractivity (Wildman–Crippen MR) is 182 cm³/mol. The van der Waals surface area contributed by atoms with Crippen LogP contribution in [0.3, 0.4) is 0 Å². The van der Waals surface area contributed by atoms with Crippen LogP contribution in [0.2, 0.25) is 5.02 Å². The van der Waals surface area contributed by atoms with Gasteiger partial charge in [-0.2, -0.15) is 0 Å². The van der Waals surface area contributed by atoms with Crippen LogP contribution in [0.5, 0.6) is 5.75 Å². The molecule has 2 aromatic carbocycles. The summed E-state index contributed by atoms with van der Waals surface area (Å²) in [5, 5.41) is 3.24. The van der Waals surface area contributed by atoms with Crippen molar-refractivity contribution in [3.8, 4) is 5.75 Å². The summed E-state index contributed by atoms with van der Waals surface area (Å²) < 4.78 is 37.1. The van der Waals surface area contributed by atoms with Gasteiger partial charge in [-0.25, -0.2) is 8.78 Å². The molecule has 1 N–H and O–H groups in total. The van der Waals surface area contributed by atoms with E-state index in [9.17, 15) is 23.2 Å². The fourth-order valence-electron chi connectivity index (χ4n) is 8.52. The van der Waals surface area contributed by atoms with Crippen molar-refractivity contribution < 1.29 is 27.9 Å². The van der Waals surface area contributed by atoms with Crippen molar-refractivity contribution in [2.45, 2.75) is 64.3 Å². The van der Waals surface area contributed by atoms with Gasteiger partial charge in [0, 0.05) is 53.6 Å². The van der Waals surface area contributed by atoms with E-state index in [0.717, 1.165) is 25.7 Å². The summed E-state index contributed by atoms with van der Waals surface area (Å²) in [6.45, 7) is 1.31. The topological polar surface area (TPSA) is 80.6 Å². The number of allylic oxidation sites excluding steroid dienone is 6. The minimum atomic E-state index is -1.39. The number of alkyl halides is 1. The third kappa shape index (κ3) is 5.62. The van der Waals surface area contributed by atoms with Gasteiger partial charge in [-0.05, 0) is 56.4 Å². The fourth-order valence-corrected chi connectivity index (χ4v) is 8.71. The Bertz CT molecular complexity index is 2060. The zero-order valence-corrected chi connectivity index (χ0v) is 27.9. The van der Waals surface area contributed by atoms with E-state index in [1.54, 1.807) is 22.4 Å². The molecular formula is C39H36ClF2N3O4. The molecule has 1 aromatic heterocycles. The predicted octanol–water partition coefficient (Wildman–Crippen LogP) is 7.19. The highest BCUT2D eigenvalue weighted by molar-refractivity contribution is 6.30. The van der Waals surface area contributed by atoms with Gasteiger partial charge in [-0.3, -0.25) is 14.4 Å². The fraction of sp³-hybridized carbons (Fsp3) is 0.359. The van der Waals surface area contributed by atoms with Gasteiger partial charge in [0.05, 0.1) is 17.1 Å². The zero-order chi connectivity index (χ0) is 34.0. The van der Waals surface area contributed by atoms with E-state index in [1.165, 1.54) is 46.2 Å². The first-order valence-electron chi connectivity index (χ1n) is 16.9. The van der Waals surface area contributed by atoms with Crippen LogP contribution in [0.25, 0.3) is 10.9 Å². The van der Waals surface area contributed by atoms with Gasteiger partial charge in [-0.15, -0.1) is 0 Å². The molecule has 7 nitrogen and oxygen atoms in total. The number of ether oxygens (including phenoxy) is 1. The zero-order valence-electron chi connectivity index (χ0n) is 27.1. The first-order chi connectivity index (χ1) is 23.7. The van der Waals surface area contributed by atoms with Crippen molar-refractivity contribution in [2.24, 2.45) is 11.8 Å². The maximum absolute atomic E-state index is 14.7. The molecule has 0 spiro atoms. The number of fused-ring (bicyclic) bond motifs is 1. The maximum Gasteiger partial charge on any atom is 0.243 e. The number of carbonyl (C=O) groups is 3. The Labute approximate surface area is 287 Å². The second-order valence-electron chi connectivity index (χ2n) is 13.7. The number of amides is 2. The van der Waals surface area contributed by atoms with Crippen LogP contribution in [0.4, 0.5) is 8.78 Å². The number of ketones is 1. The van der Waals surface area contributed by atoms with Crippen molar-refractivity contribution in [2.75, 3.05) is 13.2 Å². The van der Waals surface area contributed by atoms with Crippen LogP contribution in [-0.4, -0.2) is 52.4 Å². The summed E-state index contributed by atoms with van der Waals surface area (Å²) in [4.78, 5) is 40.7. The summed E-state index contributed by atoms with van der Waals surface area (Å²) in [5.41, 5.74) is 8.59. The van der Waals surface area contributed by atoms with Gasteiger partial charge in [-0.1, -0.05) is 64.3 Å². The van der Waals surface area contributed by atoms with Crippen molar-refractivity contribution in [1.82, 2.24) is 14.8 Å². The van der Waals surface area contributed by atoms with Crippen LogP contribution in [0.15, 0.2) is 88.7 Å². The van der Waals surface area contributed by atoms with Gasteiger partial charge in [0.1, 0.15) is 36.9 Å². The Morgan fingerprint density at radius 2 is 1.80 bits per heavy atom. The standard InChI is InChI=1S/C39H36ClF2N3O4/c1-21(46)31-18-44(19-35(47)45-17-27(41)14-34(45)39(48)43-16-25-3-2-4-32(40)38(25)42)33-15-28(10-12-30(31)33)49-20-26-13-24-8-7-22-5-6-23-9-11-29(26)37(23)36(22)24/h2-6,10,12-13,15,18,27,34,36-37H,7-9,11,14,16-17,19-20H2,1H3,(H,43,48)/t27-,34+,36?,37?/m1/s1. The van der Waals surface area contributed by atoms with E-state index in [0.29, 0.717) is 40.7 Å². The number of benzene rings is 2. The van der Waals surface area contributed by atoms with Crippen molar-refractivity contribution in [3.63, 3.8) is 0 Å². The Balaban J connectivity index is 1.01. The molecule has 8 rings (SSSR count). The van der Waals surface area contributed by atoms with E-state index in [-0.39, 0.29) is 42.4 Å². The molecule has 252 valence electrons. The largest absolute Gasteiger partial charge is 0.489 e. The first-order valence-corrected chi connectivity index (χ1v) is 17.3. The van der Waals surface area contributed by atoms with E-state index in [2.05, 4.69) is 23.5 Å². The molecule has 4 atom stereocenters. The van der Waals surface area contributed by atoms with Gasteiger partial charge in [0.15, 0.2) is 5.78 Å². The third-order valence-corrected chi connectivity index (χ3v) is 11.2. The SMILES string of the molecule is CC(=O)c1cn(CC(=O)N2C[C@H](F)C[C@H]2C(=O)NCc2cccc(Cl)c2F)c2cc(OCC3=C4CCC5=CC=C6CCC(=C3)C6C54)ccc12. The number of hydrogen-bond acceptors (Lipinski definition) is 4. The monoisotopic (exact) mass is 683 g/mol. The number of Topliss-reactive ketones (excluding diaryl/α,β-unsaturated/α-hetero) is 1. The number of likely N-dealkylation sites (tertiary alicyclic amines) is 1. The highest BCUT2D eigenvalue weighted by Gasteiger charge is 2.44. The van der Waals surface area contributed by atoms with E-state index >= 15 is 0 Å². The second kappa shape index (κ2) is 12.4. The molecule has 5 aliphatic rings. The van der Waals surface area contributed by atoms with E-state index in [1.807, 2.05) is 18.2 Å². The lowest BCUT2D eigenvalue weighted by atomic mass is 9.72. The van der Waals surface area contributed by atoms with E-state index in [4.69, 9.17) is 16.3 Å². The molecule has 2 heterocycles. The van der Waals surface area contributed by atoms with Crippen molar-refractivity contribution in [3.05, 3.63) is 111 Å². The summed E-state index contributed by atoms with van der Waals surface area (Å²) in [6.07, 6.45) is 11.5. The number of nitrogens with one attached hydrogen (secondary N) is 1. The van der Waals surface area contributed by atoms with Crippen LogP contribution < -0.4 is 10.1 Å². The number of rotatable bonds is 9. The number of aromatic nitrogens is 1. The Morgan fingerprint density at radius 3 is 2.61 bits per heavy atom. The lowest BCUT2D eigenvalue weighted by Crippen LogP contribution is -2.46. The molecule has 0 bridgehead atoms. The van der Waals surface area contributed by atoms with Gasteiger partial charge >= 0.3 is 0 Å².